The standard InChI is InChI=1S/C34H23I2N3O4S/c35-27-15-21(16-28(36)32(27)43-19-20-7-2-1-3-8-20)17-29-33(40)38-31(23-10-6-11-24(18-23)39(41)42)26-14-13-22-9-4-5-12-25(22)30(26)37-34(38)44-29/h1-12,15-18,31H,13-14,19H2/b29-17+/t31-/m1/s1. The highest BCUT2D eigenvalue weighted by Crippen LogP contribution is 2.41. The van der Waals surface area contributed by atoms with Crippen molar-refractivity contribution in [2.45, 2.75) is 25.5 Å². The molecule has 1 aromatic heterocycles. The number of hydrogen-bond acceptors (Lipinski definition) is 6. The van der Waals surface area contributed by atoms with Crippen LogP contribution in [0.5, 0.6) is 5.75 Å². The second kappa shape index (κ2) is 12.1. The maximum absolute atomic E-state index is 14.1. The molecule has 5 aromatic rings. The number of thiazole rings is 1. The molecule has 0 saturated heterocycles. The van der Waals surface area contributed by atoms with Gasteiger partial charge in [-0.05, 0) is 104 Å². The largest absolute Gasteiger partial charge is 0.487 e. The Morgan fingerprint density at radius 3 is 2.50 bits per heavy atom. The van der Waals surface area contributed by atoms with Crippen molar-refractivity contribution in [2.75, 3.05) is 0 Å². The molecule has 0 N–H and O–H groups in total. The van der Waals surface area contributed by atoms with Crippen LogP contribution in [-0.4, -0.2) is 9.49 Å². The van der Waals surface area contributed by atoms with Gasteiger partial charge in [-0.2, -0.15) is 0 Å². The van der Waals surface area contributed by atoms with E-state index in [0.29, 0.717) is 27.9 Å². The highest BCUT2D eigenvalue weighted by atomic mass is 127. The third-order valence-corrected chi connectivity index (χ3v) is 10.4. The van der Waals surface area contributed by atoms with E-state index in [1.54, 1.807) is 16.7 Å². The number of non-ortho nitro benzene ring substituents is 1. The van der Waals surface area contributed by atoms with Gasteiger partial charge in [0.25, 0.3) is 11.2 Å². The molecule has 0 fully saturated rings. The first-order chi connectivity index (χ1) is 21.4. The molecule has 7 rings (SSSR count). The molecule has 44 heavy (non-hydrogen) atoms. The van der Waals surface area contributed by atoms with Gasteiger partial charge in [-0.15, -0.1) is 0 Å². The summed E-state index contributed by atoms with van der Waals surface area (Å²) in [5.41, 5.74) is 6.65. The Kier molecular flexibility index (Phi) is 7.97. The van der Waals surface area contributed by atoms with Crippen molar-refractivity contribution >= 4 is 74.0 Å². The summed E-state index contributed by atoms with van der Waals surface area (Å²) in [5, 5.41) is 11.7. The van der Waals surface area contributed by atoms with Crippen molar-refractivity contribution in [1.29, 1.82) is 0 Å². The monoisotopic (exact) mass is 823 g/mol. The summed E-state index contributed by atoms with van der Waals surface area (Å²) in [6.07, 6.45) is 3.43. The van der Waals surface area contributed by atoms with Crippen LogP contribution < -0.4 is 19.6 Å². The lowest BCUT2D eigenvalue weighted by Crippen LogP contribution is -2.38. The number of hydrogen-bond donors (Lipinski definition) is 0. The number of nitrogens with zero attached hydrogens (tertiary/aromatic N) is 3. The number of nitro groups is 1. The van der Waals surface area contributed by atoms with Gasteiger partial charge in [0.15, 0.2) is 4.80 Å². The number of fused-ring (bicyclic) bond motifs is 3. The Morgan fingerprint density at radius 1 is 0.977 bits per heavy atom. The molecule has 2 heterocycles. The van der Waals surface area contributed by atoms with E-state index in [0.717, 1.165) is 47.3 Å². The minimum absolute atomic E-state index is 0.00119. The molecule has 10 heteroatoms. The fraction of sp³-hybridized carbons (Fsp3) is 0.118. The number of benzene rings is 4. The lowest BCUT2D eigenvalue weighted by atomic mass is 9.83. The SMILES string of the molecule is O=c1/c(=C\c2cc(I)c(OCc3ccccc3)c(I)c2)sc2n1[C@H](c1cccc([N+](=O)[O-])c1)C1=C(N=2)c2ccccc2CC1. The molecule has 0 spiro atoms. The number of ether oxygens (including phenoxy) is 1. The topological polar surface area (TPSA) is 86.7 Å². The van der Waals surface area contributed by atoms with Crippen LogP contribution >= 0.6 is 56.5 Å². The Labute approximate surface area is 283 Å². The van der Waals surface area contributed by atoms with Gasteiger partial charge >= 0.3 is 0 Å². The van der Waals surface area contributed by atoms with Gasteiger partial charge in [0, 0.05) is 17.7 Å². The minimum atomic E-state index is -0.481. The van der Waals surface area contributed by atoms with Gasteiger partial charge in [-0.1, -0.05) is 78.1 Å². The summed E-state index contributed by atoms with van der Waals surface area (Å²) in [5.74, 6) is 0.811. The van der Waals surface area contributed by atoms with Gasteiger partial charge < -0.3 is 4.74 Å². The Hall–Kier alpha value is -3.62. The van der Waals surface area contributed by atoms with Gasteiger partial charge in [0.2, 0.25) is 0 Å². The van der Waals surface area contributed by atoms with Crippen LogP contribution in [0.1, 0.15) is 40.3 Å². The molecule has 0 radical (unpaired) electrons. The number of nitro benzene ring substituents is 1. The maximum Gasteiger partial charge on any atom is 0.271 e. The highest BCUT2D eigenvalue weighted by molar-refractivity contribution is 14.1. The Bertz CT molecular complexity index is 2150. The van der Waals surface area contributed by atoms with Gasteiger partial charge in [-0.25, -0.2) is 4.99 Å². The fourth-order valence-corrected chi connectivity index (χ4v) is 8.94. The van der Waals surface area contributed by atoms with E-state index in [4.69, 9.17) is 9.73 Å². The summed E-state index contributed by atoms with van der Waals surface area (Å²) >= 11 is 5.89. The molecule has 1 aliphatic carbocycles. The molecule has 1 aliphatic heterocycles. The molecule has 218 valence electrons. The molecule has 1 atom stereocenters. The normalized spacial score (nSPS) is 15.7. The second-order valence-electron chi connectivity index (χ2n) is 10.6. The average molecular weight is 823 g/mol. The van der Waals surface area contributed by atoms with E-state index in [1.807, 2.05) is 66.7 Å². The zero-order chi connectivity index (χ0) is 30.4. The number of halogens is 2. The third-order valence-electron chi connectivity index (χ3n) is 7.81. The summed E-state index contributed by atoms with van der Waals surface area (Å²) < 4.78 is 10.3. The Balaban J connectivity index is 1.34. The van der Waals surface area contributed by atoms with E-state index >= 15 is 0 Å². The molecular weight excluding hydrogens is 800 g/mol. The van der Waals surface area contributed by atoms with Crippen LogP contribution in [-0.2, 0) is 13.0 Å². The predicted molar refractivity (Wildman–Crippen MR) is 188 cm³/mol. The fourth-order valence-electron chi connectivity index (χ4n) is 5.81. The molecule has 2 aliphatic rings. The van der Waals surface area contributed by atoms with Crippen LogP contribution in [0.2, 0.25) is 0 Å². The second-order valence-corrected chi connectivity index (χ2v) is 13.9. The average Bonchev–Trinajstić information content (AvgIpc) is 3.34. The number of allylic oxidation sites excluding steroid dienone is 1. The number of aryl methyl sites for hydroxylation is 1. The number of rotatable bonds is 6. The van der Waals surface area contributed by atoms with Crippen molar-refractivity contribution < 1.29 is 9.66 Å². The molecule has 0 unspecified atom stereocenters. The summed E-state index contributed by atoms with van der Waals surface area (Å²) in [4.78, 5) is 31.1. The smallest absolute Gasteiger partial charge is 0.271 e. The lowest BCUT2D eigenvalue weighted by molar-refractivity contribution is -0.384. The van der Waals surface area contributed by atoms with Crippen molar-refractivity contribution in [1.82, 2.24) is 4.57 Å². The molecule has 7 nitrogen and oxygen atoms in total. The third kappa shape index (κ3) is 5.43. The first-order valence-corrected chi connectivity index (χ1v) is 16.9. The van der Waals surface area contributed by atoms with Gasteiger partial charge in [0.05, 0.1) is 28.3 Å². The first-order valence-electron chi connectivity index (χ1n) is 13.9. The Morgan fingerprint density at radius 2 is 1.73 bits per heavy atom. The summed E-state index contributed by atoms with van der Waals surface area (Å²) in [6, 6.07) is 28.4. The van der Waals surface area contributed by atoms with E-state index in [2.05, 4.69) is 57.3 Å². The van der Waals surface area contributed by atoms with E-state index < -0.39 is 11.0 Å². The molecular formula is C34H23I2N3O4S. The van der Waals surface area contributed by atoms with Crippen molar-refractivity contribution in [3.63, 3.8) is 0 Å². The molecule has 0 saturated carbocycles. The molecule has 0 bridgehead atoms. The first kappa shape index (κ1) is 29.1. The maximum atomic E-state index is 14.1. The van der Waals surface area contributed by atoms with E-state index in [9.17, 15) is 14.9 Å². The van der Waals surface area contributed by atoms with Crippen LogP contribution in [0.15, 0.2) is 106 Å². The van der Waals surface area contributed by atoms with E-state index in [1.165, 1.54) is 23.0 Å². The lowest BCUT2D eigenvalue weighted by Gasteiger charge is -2.30. The zero-order valence-electron chi connectivity index (χ0n) is 23.1. The van der Waals surface area contributed by atoms with Crippen LogP contribution in [0.4, 0.5) is 5.69 Å². The van der Waals surface area contributed by atoms with Crippen molar-refractivity contribution in [3.8, 4) is 5.75 Å². The van der Waals surface area contributed by atoms with Gasteiger partial charge in [-0.3, -0.25) is 19.5 Å². The number of aromatic nitrogens is 1. The van der Waals surface area contributed by atoms with Gasteiger partial charge in [0.1, 0.15) is 12.4 Å². The molecule has 4 aromatic carbocycles. The van der Waals surface area contributed by atoms with Crippen molar-refractivity contribution in [3.05, 3.63) is 161 Å². The van der Waals surface area contributed by atoms with Crippen LogP contribution in [0, 0.1) is 17.3 Å². The van der Waals surface area contributed by atoms with Crippen LogP contribution in [0.25, 0.3) is 11.8 Å². The van der Waals surface area contributed by atoms with Crippen LogP contribution in [0.3, 0.4) is 0 Å². The van der Waals surface area contributed by atoms with E-state index in [-0.39, 0.29) is 11.2 Å². The minimum Gasteiger partial charge on any atom is -0.487 e. The predicted octanol–water partition coefficient (Wildman–Crippen LogP) is 7.02. The summed E-state index contributed by atoms with van der Waals surface area (Å²) in [7, 11) is 0. The quantitative estimate of drug-likeness (QED) is 0.105. The summed E-state index contributed by atoms with van der Waals surface area (Å²) in [6.45, 7) is 0.468. The molecule has 0 amide bonds. The van der Waals surface area contributed by atoms with Crippen molar-refractivity contribution in [2.24, 2.45) is 4.99 Å². The highest BCUT2D eigenvalue weighted by Gasteiger charge is 2.33. The zero-order valence-corrected chi connectivity index (χ0v) is 28.2.